The third kappa shape index (κ3) is 7.09. The molecule has 0 radical (unpaired) electrons. The number of nitrogens with two attached hydrogens (primary N) is 1. The Kier molecular flexibility index (Phi) is 9.00. The SMILES string of the molecule is Cl.Nc1ccccc1CCC(=O)NCC(=O)N1CCC(Cc2ccccc2)CC1. The third-order valence-electron chi connectivity index (χ3n) is 5.45. The van der Waals surface area contributed by atoms with E-state index in [1.54, 1.807) is 0 Å². The summed E-state index contributed by atoms with van der Waals surface area (Å²) in [7, 11) is 0. The number of para-hydroxylation sites is 1. The first-order chi connectivity index (χ1) is 13.6. The summed E-state index contributed by atoms with van der Waals surface area (Å²) in [4.78, 5) is 26.3. The van der Waals surface area contributed by atoms with Crippen molar-refractivity contribution < 1.29 is 9.59 Å². The fourth-order valence-corrected chi connectivity index (χ4v) is 3.72. The van der Waals surface area contributed by atoms with Crippen molar-refractivity contribution in [2.24, 2.45) is 5.92 Å². The number of aryl methyl sites for hydroxylation is 1. The average molecular weight is 416 g/mol. The molecule has 5 nitrogen and oxygen atoms in total. The molecule has 0 bridgehead atoms. The van der Waals surface area contributed by atoms with Crippen molar-refractivity contribution in [2.75, 3.05) is 25.4 Å². The van der Waals surface area contributed by atoms with Crippen LogP contribution in [-0.4, -0.2) is 36.3 Å². The second-order valence-electron chi connectivity index (χ2n) is 7.49. The number of nitrogen functional groups attached to an aromatic ring is 1. The molecule has 156 valence electrons. The van der Waals surface area contributed by atoms with Crippen LogP contribution in [0, 0.1) is 5.92 Å². The van der Waals surface area contributed by atoms with Crippen molar-refractivity contribution in [1.29, 1.82) is 0 Å². The van der Waals surface area contributed by atoms with Gasteiger partial charge in [0.25, 0.3) is 0 Å². The van der Waals surface area contributed by atoms with Gasteiger partial charge in [0.05, 0.1) is 6.54 Å². The van der Waals surface area contributed by atoms with Gasteiger partial charge in [-0.25, -0.2) is 0 Å². The van der Waals surface area contributed by atoms with Crippen LogP contribution < -0.4 is 11.1 Å². The fraction of sp³-hybridized carbons (Fsp3) is 0.391. The van der Waals surface area contributed by atoms with Crippen LogP contribution in [-0.2, 0) is 22.4 Å². The lowest BCUT2D eigenvalue weighted by Gasteiger charge is -2.32. The van der Waals surface area contributed by atoms with Gasteiger partial charge in [0.1, 0.15) is 0 Å². The van der Waals surface area contributed by atoms with Crippen LogP contribution in [0.2, 0.25) is 0 Å². The molecule has 1 aliphatic heterocycles. The largest absolute Gasteiger partial charge is 0.399 e. The first-order valence-electron chi connectivity index (χ1n) is 10.0. The molecular formula is C23H30ClN3O2. The second kappa shape index (κ2) is 11.5. The monoisotopic (exact) mass is 415 g/mol. The minimum atomic E-state index is -0.115. The Morgan fingerprint density at radius 1 is 1.00 bits per heavy atom. The van der Waals surface area contributed by atoms with E-state index in [1.807, 2.05) is 35.2 Å². The Balaban J connectivity index is 0.00000300. The zero-order valence-electron chi connectivity index (χ0n) is 16.7. The molecule has 2 aromatic carbocycles. The zero-order valence-corrected chi connectivity index (χ0v) is 17.5. The molecule has 2 amide bonds. The Morgan fingerprint density at radius 3 is 2.34 bits per heavy atom. The summed E-state index contributed by atoms with van der Waals surface area (Å²) < 4.78 is 0. The van der Waals surface area contributed by atoms with Gasteiger partial charge in [-0.05, 0) is 48.8 Å². The maximum Gasteiger partial charge on any atom is 0.241 e. The summed E-state index contributed by atoms with van der Waals surface area (Å²) in [6.07, 6.45) is 4.02. The highest BCUT2D eigenvalue weighted by Crippen LogP contribution is 2.21. The minimum absolute atomic E-state index is 0. The third-order valence-corrected chi connectivity index (χ3v) is 5.45. The topological polar surface area (TPSA) is 75.4 Å². The number of nitrogens with one attached hydrogen (secondary N) is 1. The first-order valence-corrected chi connectivity index (χ1v) is 10.0. The predicted molar refractivity (Wildman–Crippen MR) is 119 cm³/mol. The van der Waals surface area contributed by atoms with Crippen molar-refractivity contribution in [3.63, 3.8) is 0 Å². The van der Waals surface area contributed by atoms with Crippen molar-refractivity contribution >= 4 is 29.9 Å². The van der Waals surface area contributed by atoms with Gasteiger partial charge in [0.15, 0.2) is 0 Å². The highest BCUT2D eigenvalue weighted by Gasteiger charge is 2.23. The van der Waals surface area contributed by atoms with Crippen LogP contribution in [0.25, 0.3) is 0 Å². The number of likely N-dealkylation sites (tertiary alicyclic amines) is 1. The van der Waals surface area contributed by atoms with E-state index in [0.717, 1.165) is 37.9 Å². The number of hydrogen-bond acceptors (Lipinski definition) is 3. The molecule has 1 aliphatic rings. The van der Waals surface area contributed by atoms with Gasteiger partial charge in [-0.2, -0.15) is 0 Å². The number of hydrogen-bond donors (Lipinski definition) is 2. The van der Waals surface area contributed by atoms with Crippen LogP contribution in [0.4, 0.5) is 5.69 Å². The lowest BCUT2D eigenvalue weighted by atomic mass is 9.90. The number of benzene rings is 2. The molecule has 6 heteroatoms. The minimum Gasteiger partial charge on any atom is -0.399 e. The van der Waals surface area contributed by atoms with E-state index in [1.165, 1.54) is 5.56 Å². The van der Waals surface area contributed by atoms with E-state index >= 15 is 0 Å². The lowest BCUT2D eigenvalue weighted by Crippen LogP contribution is -2.44. The van der Waals surface area contributed by atoms with Crippen LogP contribution >= 0.6 is 12.4 Å². The molecule has 0 spiro atoms. The van der Waals surface area contributed by atoms with E-state index in [2.05, 4.69) is 29.6 Å². The van der Waals surface area contributed by atoms with E-state index < -0.39 is 0 Å². The summed E-state index contributed by atoms with van der Waals surface area (Å²) in [5, 5.41) is 2.75. The molecule has 1 heterocycles. The molecule has 0 aliphatic carbocycles. The Morgan fingerprint density at radius 2 is 1.66 bits per heavy atom. The van der Waals surface area contributed by atoms with Gasteiger partial charge in [-0.3, -0.25) is 9.59 Å². The summed E-state index contributed by atoms with van der Waals surface area (Å²) >= 11 is 0. The normalized spacial score (nSPS) is 14.1. The van der Waals surface area contributed by atoms with Crippen molar-refractivity contribution in [1.82, 2.24) is 10.2 Å². The van der Waals surface area contributed by atoms with E-state index in [0.29, 0.717) is 24.4 Å². The van der Waals surface area contributed by atoms with Crippen molar-refractivity contribution in [2.45, 2.75) is 32.1 Å². The average Bonchev–Trinajstić information content (AvgIpc) is 2.73. The molecule has 1 saturated heterocycles. The molecule has 0 aromatic heterocycles. The smallest absolute Gasteiger partial charge is 0.241 e. The number of halogens is 1. The van der Waals surface area contributed by atoms with E-state index in [-0.39, 0.29) is 30.8 Å². The lowest BCUT2D eigenvalue weighted by molar-refractivity contribution is -0.134. The quantitative estimate of drug-likeness (QED) is 0.682. The van der Waals surface area contributed by atoms with Crippen LogP contribution in [0.5, 0.6) is 0 Å². The number of nitrogens with zero attached hydrogens (tertiary/aromatic N) is 1. The maximum absolute atomic E-state index is 12.4. The molecule has 3 rings (SSSR count). The molecule has 29 heavy (non-hydrogen) atoms. The highest BCUT2D eigenvalue weighted by atomic mass is 35.5. The Hall–Kier alpha value is -2.53. The van der Waals surface area contributed by atoms with Crippen LogP contribution in [0.1, 0.15) is 30.4 Å². The van der Waals surface area contributed by atoms with Gasteiger partial charge in [-0.1, -0.05) is 48.5 Å². The predicted octanol–water partition coefficient (Wildman–Crippen LogP) is 3.22. The number of rotatable bonds is 7. The number of anilines is 1. The summed E-state index contributed by atoms with van der Waals surface area (Å²) in [5.74, 6) is 0.513. The molecule has 2 aromatic rings. The van der Waals surface area contributed by atoms with Gasteiger partial charge < -0.3 is 16.0 Å². The summed E-state index contributed by atoms with van der Waals surface area (Å²) in [5.41, 5.74) is 8.91. The molecule has 0 saturated carbocycles. The van der Waals surface area contributed by atoms with Crippen molar-refractivity contribution in [3.8, 4) is 0 Å². The van der Waals surface area contributed by atoms with Gasteiger partial charge >= 0.3 is 0 Å². The molecule has 1 fully saturated rings. The summed E-state index contributed by atoms with van der Waals surface area (Å²) in [6, 6.07) is 18.0. The number of carbonyl (C=O) groups is 2. The van der Waals surface area contributed by atoms with Gasteiger partial charge in [0, 0.05) is 25.2 Å². The van der Waals surface area contributed by atoms with Crippen molar-refractivity contribution in [3.05, 3.63) is 65.7 Å². The number of carbonyl (C=O) groups excluding carboxylic acids is 2. The molecule has 0 atom stereocenters. The Bertz CT molecular complexity index is 790. The molecule has 3 N–H and O–H groups in total. The number of piperidine rings is 1. The molecular weight excluding hydrogens is 386 g/mol. The number of amides is 2. The van der Waals surface area contributed by atoms with E-state index in [4.69, 9.17) is 5.73 Å². The molecule has 0 unspecified atom stereocenters. The van der Waals surface area contributed by atoms with Crippen LogP contribution in [0.15, 0.2) is 54.6 Å². The first kappa shape index (κ1) is 22.8. The highest BCUT2D eigenvalue weighted by molar-refractivity contribution is 5.85. The Labute approximate surface area is 179 Å². The zero-order chi connectivity index (χ0) is 19.8. The van der Waals surface area contributed by atoms with Gasteiger partial charge in [0.2, 0.25) is 11.8 Å². The summed E-state index contributed by atoms with van der Waals surface area (Å²) in [6.45, 7) is 1.62. The van der Waals surface area contributed by atoms with Gasteiger partial charge in [-0.15, -0.1) is 12.4 Å². The standard InChI is InChI=1S/C23H29N3O2.ClH/c24-21-9-5-4-8-20(21)10-11-22(27)25-17-23(28)26-14-12-19(13-15-26)16-18-6-2-1-3-7-18;/h1-9,19H,10-17,24H2,(H,25,27);1H. The fourth-order valence-electron chi connectivity index (χ4n) is 3.72. The van der Waals surface area contributed by atoms with E-state index in [9.17, 15) is 9.59 Å². The maximum atomic E-state index is 12.4. The second-order valence-corrected chi connectivity index (χ2v) is 7.49. The van der Waals surface area contributed by atoms with Crippen LogP contribution in [0.3, 0.4) is 0 Å².